The van der Waals surface area contributed by atoms with E-state index in [2.05, 4.69) is 0 Å². The van der Waals surface area contributed by atoms with E-state index in [1.807, 2.05) is 0 Å². The molecule has 0 aromatic carbocycles. The SMILES string of the molecule is CC(CC(N)=S)N(C)S(=O)(=O)CC1CCCO1. The lowest BCUT2D eigenvalue weighted by atomic mass is 10.2. The van der Waals surface area contributed by atoms with Gasteiger partial charge in [0.25, 0.3) is 0 Å². The van der Waals surface area contributed by atoms with Gasteiger partial charge in [-0.1, -0.05) is 12.2 Å². The zero-order valence-corrected chi connectivity index (χ0v) is 11.9. The van der Waals surface area contributed by atoms with Gasteiger partial charge in [-0.15, -0.1) is 0 Å². The van der Waals surface area contributed by atoms with Gasteiger partial charge in [-0.2, -0.15) is 0 Å². The van der Waals surface area contributed by atoms with Gasteiger partial charge in [-0.25, -0.2) is 12.7 Å². The average Bonchev–Trinajstić information content (AvgIpc) is 2.67. The average molecular weight is 280 g/mol. The van der Waals surface area contributed by atoms with Crippen molar-refractivity contribution >= 4 is 27.2 Å². The topological polar surface area (TPSA) is 72.6 Å². The molecule has 0 aliphatic carbocycles. The second-order valence-corrected chi connectivity index (χ2v) is 7.05. The third-order valence-electron chi connectivity index (χ3n) is 2.98. The summed E-state index contributed by atoms with van der Waals surface area (Å²) in [5.41, 5.74) is 5.42. The van der Waals surface area contributed by atoms with Crippen LogP contribution in [0.15, 0.2) is 0 Å². The number of sulfonamides is 1. The van der Waals surface area contributed by atoms with E-state index >= 15 is 0 Å². The van der Waals surface area contributed by atoms with E-state index in [1.54, 1.807) is 14.0 Å². The molecule has 1 aliphatic heterocycles. The van der Waals surface area contributed by atoms with Crippen molar-refractivity contribution < 1.29 is 13.2 Å². The normalized spacial score (nSPS) is 22.9. The Morgan fingerprint density at radius 3 is 2.76 bits per heavy atom. The molecule has 100 valence electrons. The van der Waals surface area contributed by atoms with Crippen LogP contribution >= 0.6 is 12.2 Å². The molecular formula is C10H20N2O3S2. The van der Waals surface area contributed by atoms with Gasteiger partial charge in [0, 0.05) is 26.1 Å². The Morgan fingerprint density at radius 1 is 1.65 bits per heavy atom. The van der Waals surface area contributed by atoms with Gasteiger partial charge in [0.2, 0.25) is 10.0 Å². The van der Waals surface area contributed by atoms with Crippen molar-refractivity contribution in [1.82, 2.24) is 4.31 Å². The van der Waals surface area contributed by atoms with Crippen molar-refractivity contribution in [2.75, 3.05) is 19.4 Å². The predicted octanol–water partition coefficient (Wildman–Crippen LogP) is 0.492. The van der Waals surface area contributed by atoms with Crippen LogP contribution in [-0.2, 0) is 14.8 Å². The summed E-state index contributed by atoms with van der Waals surface area (Å²) in [6.07, 6.45) is 1.99. The van der Waals surface area contributed by atoms with E-state index in [0.717, 1.165) is 12.8 Å². The van der Waals surface area contributed by atoms with Gasteiger partial charge < -0.3 is 10.5 Å². The Hall–Kier alpha value is -0.240. The Bertz CT molecular complexity index is 364. The zero-order chi connectivity index (χ0) is 13.1. The predicted molar refractivity (Wildman–Crippen MR) is 71.4 cm³/mol. The van der Waals surface area contributed by atoms with Crippen LogP contribution in [-0.4, -0.2) is 49.3 Å². The third kappa shape index (κ3) is 4.50. The largest absolute Gasteiger partial charge is 0.393 e. The van der Waals surface area contributed by atoms with Crippen LogP contribution in [0.3, 0.4) is 0 Å². The van der Waals surface area contributed by atoms with Gasteiger partial charge in [-0.05, 0) is 19.8 Å². The number of ether oxygens (including phenoxy) is 1. The van der Waals surface area contributed by atoms with Crippen molar-refractivity contribution in [3.63, 3.8) is 0 Å². The van der Waals surface area contributed by atoms with Crippen LogP contribution < -0.4 is 5.73 Å². The Labute approximate surface area is 108 Å². The van der Waals surface area contributed by atoms with Crippen LogP contribution in [0.5, 0.6) is 0 Å². The smallest absolute Gasteiger partial charge is 0.216 e. The molecule has 0 aromatic heterocycles. The van der Waals surface area contributed by atoms with Crippen LogP contribution in [0.1, 0.15) is 26.2 Å². The summed E-state index contributed by atoms with van der Waals surface area (Å²) >= 11 is 4.79. The molecule has 2 unspecified atom stereocenters. The molecule has 5 nitrogen and oxygen atoms in total. The Balaban J connectivity index is 2.58. The highest BCUT2D eigenvalue weighted by Crippen LogP contribution is 2.17. The number of hydrogen-bond donors (Lipinski definition) is 1. The minimum absolute atomic E-state index is 0.0468. The van der Waals surface area contributed by atoms with Crippen molar-refractivity contribution in [1.29, 1.82) is 0 Å². The lowest BCUT2D eigenvalue weighted by Crippen LogP contribution is -2.40. The molecular weight excluding hydrogens is 260 g/mol. The van der Waals surface area contributed by atoms with E-state index < -0.39 is 10.0 Å². The summed E-state index contributed by atoms with van der Waals surface area (Å²) in [5.74, 6) is 0.0468. The summed E-state index contributed by atoms with van der Waals surface area (Å²) in [6, 6.07) is -0.209. The van der Waals surface area contributed by atoms with Gasteiger partial charge in [0.15, 0.2) is 0 Å². The zero-order valence-electron chi connectivity index (χ0n) is 10.3. The van der Waals surface area contributed by atoms with E-state index in [0.29, 0.717) is 18.0 Å². The highest BCUT2D eigenvalue weighted by Gasteiger charge is 2.29. The summed E-state index contributed by atoms with van der Waals surface area (Å²) < 4.78 is 30.8. The van der Waals surface area contributed by atoms with Gasteiger partial charge in [0.1, 0.15) is 0 Å². The molecule has 1 heterocycles. The van der Waals surface area contributed by atoms with Crippen LogP contribution in [0, 0.1) is 0 Å². The molecule has 2 atom stereocenters. The molecule has 7 heteroatoms. The molecule has 0 aromatic rings. The maximum absolute atomic E-state index is 12.1. The molecule has 0 amide bonds. The lowest BCUT2D eigenvalue weighted by Gasteiger charge is -2.25. The monoisotopic (exact) mass is 280 g/mol. The molecule has 0 bridgehead atoms. The summed E-state index contributed by atoms with van der Waals surface area (Å²) in [5, 5.41) is 0. The molecule has 1 rings (SSSR count). The molecule has 0 radical (unpaired) electrons. The van der Waals surface area contributed by atoms with Gasteiger partial charge in [-0.3, -0.25) is 0 Å². The maximum Gasteiger partial charge on any atom is 0.216 e. The molecule has 1 aliphatic rings. The molecule has 2 N–H and O–H groups in total. The first-order chi connectivity index (χ1) is 7.83. The molecule has 17 heavy (non-hydrogen) atoms. The summed E-state index contributed by atoms with van der Waals surface area (Å²) in [7, 11) is -1.73. The summed E-state index contributed by atoms with van der Waals surface area (Å²) in [4.78, 5) is 0.330. The maximum atomic E-state index is 12.1. The Morgan fingerprint density at radius 2 is 2.29 bits per heavy atom. The summed E-state index contributed by atoms with van der Waals surface area (Å²) in [6.45, 7) is 2.46. The highest BCUT2D eigenvalue weighted by atomic mass is 32.2. The lowest BCUT2D eigenvalue weighted by molar-refractivity contribution is 0.126. The number of thiocarbonyl (C=S) groups is 1. The van der Waals surface area contributed by atoms with E-state index in [1.165, 1.54) is 4.31 Å². The minimum atomic E-state index is -3.30. The first-order valence-corrected chi connectivity index (χ1v) is 7.70. The fourth-order valence-corrected chi connectivity index (χ4v) is 3.65. The number of nitrogens with two attached hydrogens (primary N) is 1. The fraction of sp³-hybridized carbons (Fsp3) is 0.900. The van der Waals surface area contributed by atoms with Crippen LogP contribution in [0.25, 0.3) is 0 Å². The van der Waals surface area contributed by atoms with Gasteiger partial charge >= 0.3 is 0 Å². The molecule has 0 spiro atoms. The first-order valence-electron chi connectivity index (χ1n) is 5.68. The van der Waals surface area contributed by atoms with Crippen molar-refractivity contribution in [3.8, 4) is 0 Å². The quantitative estimate of drug-likeness (QED) is 0.717. The second-order valence-electron chi connectivity index (χ2n) is 4.45. The number of nitrogens with zero attached hydrogens (tertiary/aromatic N) is 1. The van der Waals surface area contributed by atoms with Crippen molar-refractivity contribution in [2.24, 2.45) is 5.73 Å². The standard InChI is InChI=1S/C10H20N2O3S2/c1-8(6-10(11)16)12(2)17(13,14)7-9-4-3-5-15-9/h8-9H,3-7H2,1-2H3,(H2,11,16). The van der Waals surface area contributed by atoms with E-state index in [4.69, 9.17) is 22.7 Å². The minimum Gasteiger partial charge on any atom is -0.393 e. The van der Waals surface area contributed by atoms with Crippen molar-refractivity contribution in [3.05, 3.63) is 0 Å². The Kier molecular flexibility index (Phi) is 5.30. The fourth-order valence-electron chi connectivity index (χ4n) is 1.82. The molecule has 1 saturated heterocycles. The highest BCUT2D eigenvalue weighted by molar-refractivity contribution is 7.89. The second kappa shape index (κ2) is 6.08. The van der Waals surface area contributed by atoms with Gasteiger partial charge in [0.05, 0.1) is 16.8 Å². The third-order valence-corrected chi connectivity index (χ3v) is 5.17. The molecule has 1 fully saturated rings. The number of hydrogen-bond acceptors (Lipinski definition) is 4. The van der Waals surface area contributed by atoms with E-state index in [-0.39, 0.29) is 17.9 Å². The number of rotatable bonds is 6. The van der Waals surface area contributed by atoms with Crippen LogP contribution in [0.2, 0.25) is 0 Å². The first kappa shape index (κ1) is 14.8. The van der Waals surface area contributed by atoms with Crippen LogP contribution in [0.4, 0.5) is 0 Å². The van der Waals surface area contributed by atoms with Crippen molar-refractivity contribution in [2.45, 2.75) is 38.3 Å². The molecule has 0 saturated carbocycles. The van der Waals surface area contributed by atoms with E-state index in [9.17, 15) is 8.42 Å².